The van der Waals surface area contributed by atoms with E-state index < -0.39 is 0 Å². The molecule has 2 rings (SSSR count). The highest BCUT2D eigenvalue weighted by Crippen LogP contribution is 2.11. The number of benzene rings is 1. The van der Waals surface area contributed by atoms with E-state index in [1.807, 2.05) is 6.07 Å². The Labute approximate surface area is 131 Å². The van der Waals surface area contributed by atoms with Crippen LogP contribution in [0.15, 0.2) is 48.7 Å². The van der Waals surface area contributed by atoms with Crippen LogP contribution in [0.5, 0.6) is 5.88 Å². The second kappa shape index (κ2) is 8.65. The van der Waals surface area contributed by atoms with Gasteiger partial charge in [-0.05, 0) is 37.9 Å². The van der Waals surface area contributed by atoms with Gasteiger partial charge in [-0.3, -0.25) is 0 Å². The SMILES string of the molecule is CC(Cc1ccccc1)NCCCOc1ccc(Cl)cn1. The Balaban J connectivity index is 1.58. The molecule has 3 nitrogen and oxygen atoms in total. The molecule has 0 amide bonds. The minimum absolute atomic E-state index is 0.459. The molecule has 0 saturated heterocycles. The van der Waals surface area contributed by atoms with E-state index in [1.54, 1.807) is 18.3 Å². The summed E-state index contributed by atoms with van der Waals surface area (Å²) >= 11 is 5.77. The first kappa shape index (κ1) is 15.8. The number of hydrogen-bond donors (Lipinski definition) is 1. The van der Waals surface area contributed by atoms with Crippen LogP contribution < -0.4 is 10.1 Å². The van der Waals surface area contributed by atoms with Crippen LogP contribution in [0, 0.1) is 0 Å². The molecule has 0 fully saturated rings. The normalized spacial score (nSPS) is 12.1. The van der Waals surface area contributed by atoms with E-state index in [1.165, 1.54) is 5.56 Å². The van der Waals surface area contributed by atoms with Crippen molar-refractivity contribution in [3.8, 4) is 5.88 Å². The third-order valence-electron chi connectivity index (χ3n) is 3.15. The van der Waals surface area contributed by atoms with Crippen molar-refractivity contribution in [1.82, 2.24) is 10.3 Å². The Morgan fingerprint density at radius 2 is 2.00 bits per heavy atom. The van der Waals surface area contributed by atoms with E-state index in [9.17, 15) is 0 Å². The van der Waals surface area contributed by atoms with Crippen LogP contribution in [0.2, 0.25) is 5.02 Å². The predicted molar refractivity (Wildman–Crippen MR) is 87.0 cm³/mol. The summed E-state index contributed by atoms with van der Waals surface area (Å²) < 4.78 is 5.55. The van der Waals surface area contributed by atoms with Crippen LogP contribution in [0.1, 0.15) is 18.9 Å². The smallest absolute Gasteiger partial charge is 0.213 e. The molecule has 1 N–H and O–H groups in total. The highest BCUT2D eigenvalue weighted by molar-refractivity contribution is 6.30. The Hall–Kier alpha value is -1.58. The topological polar surface area (TPSA) is 34.1 Å². The summed E-state index contributed by atoms with van der Waals surface area (Å²) in [7, 11) is 0. The number of aromatic nitrogens is 1. The molecule has 112 valence electrons. The molecule has 1 aromatic carbocycles. The van der Waals surface area contributed by atoms with E-state index in [0.29, 0.717) is 23.6 Å². The molecule has 0 bridgehead atoms. The van der Waals surface area contributed by atoms with E-state index >= 15 is 0 Å². The van der Waals surface area contributed by atoms with Crippen molar-refractivity contribution in [1.29, 1.82) is 0 Å². The number of hydrogen-bond acceptors (Lipinski definition) is 3. The van der Waals surface area contributed by atoms with Gasteiger partial charge in [-0.25, -0.2) is 4.98 Å². The maximum atomic E-state index is 5.77. The Kier molecular flexibility index (Phi) is 6.51. The molecule has 21 heavy (non-hydrogen) atoms. The number of rotatable bonds is 8. The molecule has 0 aliphatic carbocycles. The zero-order chi connectivity index (χ0) is 14.9. The lowest BCUT2D eigenvalue weighted by molar-refractivity contribution is 0.294. The van der Waals surface area contributed by atoms with Crippen LogP contribution in [0.25, 0.3) is 0 Å². The molecule has 1 heterocycles. The predicted octanol–water partition coefficient (Wildman–Crippen LogP) is 3.72. The first-order valence-corrected chi connectivity index (χ1v) is 7.63. The van der Waals surface area contributed by atoms with E-state index in [0.717, 1.165) is 19.4 Å². The van der Waals surface area contributed by atoms with Gasteiger partial charge in [0.05, 0.1) is 11.6 Å². The zero-order valence-electron chi connectivity index (χ0n) is 12.3. The minimum Gasteiger partial charge on any atom is -0.478 e. The van der Waals surface area contributed by atoms with Crippen LogP contribution in [0.4, 0.5) is 0 Å². The van der Waals surface area contributed by atoms with Crippen LogP contribution in [0.3, 0.4) is 0 Å². The minimum atomic E-state index is 0.459. The molecule has 4 heteroatoms. The average Bonchev–Trinajstić information content (AvgIpc) is 2.50. The fourth-order valence-corrected chi connectivity index (χ4v) is 2.20. The molecule has 0 saturated carbocycles. The van der Waals surface area contributed by atoms with Gasteiger partial charge in [0, 0.05) is 18.3 Å². The van der Waals surface area contributed by atoms with Gasteiger partial charge < -0.3 is 10.1 Å². The zero-order valence-corrected chi connectivity index (χ0v) is 13.0. The summed E-state index contributed by atoms with van der Waals surface area (Å²) in [5.41, 5.74) is 1.36. The third kappa shape index (κ3) is 6.15. The van der Waals surface area contributed by atoms with Gasteiger partial charge in [-0.1, -0.05) is 41.9 Å². The van der Waals surface area contributed by atoms with Crippen molar-refractivity contribution in [2.24, 2.45) is 0 Å². The third-order valence-corrected chi connectivity index (χ3v) is 3.37. The number of ether oxygens (including phenoxy) is 1. The van der Waals surface area contributed by atoms with E-state index in [4.69, 9.17) is 16.3 Å². The Morgan fingerprint density at radius 1 is 1.19 bits per heavy atom. The quantitative estimate of drug-likeness (QED) is 0.755. The monoisotopic (exact) mass is 304 g/mol. The maximum Gasteiger partial charge on any atom is 0.213 e. The van der Waals surface area contributed by atoms with Crippen molar-refractivity contribution in [2.75, 3.05) is 13.2 Å². The van der Waals surface area contributed by atoms with E-state index in [2.05, 4.69) is 41.5 Å². The fraction of sp³-hybridized carbons (Fsp3) is 0.353. The molecule has 1 aromatic heterocycles. The molecular formula is C17H21ClN2O. The Bertz CT molecular complexity index is 516. The second-order valence-electron chi connectivity index (χ2n) is 5.06. The maximum absolute atomic E-state index is 5.77. The van der Waals surface area contributed by atoms with Crippen molar-refractivity contribution >= 4 is 11.6 Å². The van der Waals surface area contributed by atoms with Gasteiger partial charge in [-0.15, -0.1) is 0 Å². The molecule has 0 radical (unpaired) electrons. The fourth-order valence-electron chi connectivity index (χ4n) is 2.08. The van der Waals surface area contributed by atoms with Gasteiger partial charge in [0.2, 0.25) is 5.88 Å². The van der Waals surface area contributed by atoms with Gasteiger partial charge >= 0.3 is 0 Å². The summed E-state index contributed by atoms with van der Waals surface area (Å²) in [5, 5.41) is 4.13. The lowest BCUT2D eigenvalue weighted by Gasteiger charge is -2.14. The van der Waals surface area contributed by atoms with E-state index in [-0.39, 0.29) is 0 Å². The summed E-state index contributed by atoms with van der Waals surface area (Å²) in [4.78, 5) is 4.09. The highest BCUT2D eigenvalue weighted by Gasteiger charge is 2.02. The molecule has 1 unspecified atom stereocenters. The van der Waals surface area contributed by atoms with Crippen molar-refractivity contribution in [2.45, 2.75) is 25.8 Å². The lowest BCUT2D eigenvalue weighted by atomic mass is 10.1. The van der Waals surface area contributed by atoms with Gasteiger partial charge in [0.15, 0.2) is 0 Å². The van der Waals surface area contributed by atoms with Crippen molar-refractivity contribution < 1.29 is 4.74 Å². The standard InChI is InChI=1S/C17H21ClN2O/c1-14(12-15-6-3-2-4-7-15)19-10-5-11-21-17-9-8-16(18)13-20-17/h2-4,6-9,13-14,19H,5,10-12H2,1H3. The number of pyridine rings is 1. The molecule has 1 atom stereocenters. The van der Waals surface area contributed by atoms with Crippen LogP contribution in [-0.2, 0) is 6.42 Å². The summed E-state index contributed by atoms with van der Waals surface area (Å²) in [5.74, 6) is 0.622. The number of halogens is 1. The Morgan fingerprint density at radius 3 is 2.71 bits per heavy atom. The molecule has 2 aromatic rings. The van der Waals surface area contributed by atoms with Crippen molar-refractivity contribution in [3.63, 3.8) is 0 Å². The molecule has 0 aliphatic rings. The molecule has 0 spiro atoms. The first-order valence-electron chi connectivity index (χ1n) is 7.26. The van der Waals surface area contributed by atoms with Crippen LogP contribution >= 0.6 is 11.6 Å². The summed E-state index contributed by atoms with van der Waals surface area (Å²) in [6, 6.07) is 14.5. The van der Waals surface area contributed by atoms with Gasteiger partial charge in [-0.2, -0.15) is 0 Å². The summed E-state index contributed by atoms with van der Waals surface area (Å²) in [6.07, 6.45) is 3.58. The summed E-state index contributed by atoms with van der Waals surface area (Å²) in [6.45, 7) is 3.79. The number of nitrogens with zero attached hydrogens (tertiary/aromatic N) is 1. The average molecular weight is 305 g/mol. The largest absolute Gasteiger partial charge is 0.478 e. The van der Waals surface area contributed by atoms with Crippen molar-refractivity contribution in [3.05, 3.63) is 59.2 Å². The highest BCUT2D eigenvalue weighted by atomic mass is 35.5. The van der Waals surface area contributed by atoms with Crippen LogP contribution in [-0.4, -0.2) is 24.2 Å². The second-order valence-corrected chi connectivity index (χ2v) is 5.50. The van der Waals surface area contributed by atoms with Gasteiger partial charge in [0.1, 0.15) is 0 Å². The van der Waals surface area contributed by atoms with Gasteiger partial charge in [0.25, 0.3) is 0 Å². The lowest BCUT2D eigenvalue weighted by Crippen LogP contribution is -2.29. The number of nitrogens with one attached hydrogen (secondary N) is 1. The molecule has 0 aliphatic heterocycles. The first-order chi connectivity index (χ1) is 10.2. The molecular weight excluding hydrogens is 284 g/mol.